The Hall–Kier alpha value is -3.13. The second-order valence-electron chi connectivity index (χ2n) is 6.95. The second kappa shape index (κ2) is 7.71. The number of pyridine rings is 1. The molecule has 0 unspecified atom stereocenters. The molecular weight excluding hydrogens is 430 g/mol. The Balaban J connectivity index is 1.77. The van der Waals surface area contributed by atoms with Crippen LogP contribution in [-0.2, 0) is 0 Å². The normalized spacial score (nSPS) is 12.1. The van der Waals surface area contributed by atoms with Crippen LogP contribution < -0.4 is 10.6 Å². The number of aromatic nitrogens is 5. The molecular formula is C21H20BrN7. The zero-order chi connectivity index (χ0) is 20.5. The van der Waals surface area contributed by atoms with Gasteiger partial charge in [-0.3, -0.25) is 0 Å². The number of hydrogen-bond donors (Lipinski definition) is 1. The Labute approximate surface area is 177 Å². The number of nitrogen functional groups attached to an aromatic ring is 1. The highest BCUT2D eigenvalue weighted by Gasteiger charge is 2.17. The first kappa shape index (κ1) is 19.2. The van der Waals surface area contributed by atoms with Crippen molar-refractivity contribution in [1.82, 2.24) is 25.1 Å². The van der Waals surface area contributed by atoms with E-state index in [0.717, 1.165) is 21.2 Å². The Bertz CT molecular complexity index is 1180. The van der Waals surface area contributed by atoms with Crippen LogP contribution in [0.2, 0.25) is 0 Å². The molecule has 4 aromatic rings. The monoisotopic (exact) mass is 449 g/mol. The van der Waals surface area contributed by atoms with Crippen molar-refractivity contribution in [3.05, 3.63) is 64.4 Å². The summed E-state index contributed by atoms with van der Waals surface area (Å²) >= 11 is 3.60. The number of benzene rings is 1. The molecule has 0 aliphatic carbocycles. The van der Waals surface area contributed by atoms with Crippen LogP contribution in [0.4, 0.5) is 11.6 Å². The average Bonchev–Trinajstić information content (AvgIpc) is 2.73. The molecule has 0 spiro atoms. The van der Waals surface area contributed by atoms with E-state index in [9.17, 15) is 0 Å². The van der Waals surface area contributed by atoms with E-state index >= 15 is 0 Å². The lowest BCUT2D eigenvalue weighted by Crippen LogP contribution is -2.11. The highest BCUT2D eigenvalue weighted by molar-refractivity contribution is 9.10. The van der Waals surface area contributed by atoms with Crippen LogP contribution in [0.3, 0.4) is 0 Å². The van der Waals surface area contributed by atoms with Gasteiger partial charge in [0.2, 0.25) is 0 Å². The Kier molecular flexibility index (Phi) is 5.10. The maximum absolute atomic E-state index is 6.22. The third kappa shape index (κ3) is 3.75. The summed E-state index contributed by atoms with van der Waals surface area (Å²) in [5.74, 6) is 1.78. The fraction of sp³-hybridized carbons (Fsp3) is 0.190. The predicted octanol–water partition coefficient (Wildman–Crippen LogP) is 4.04. The van der Waals surface area contributed by atoms with Crippen LogP contribution in [-0.4, -0.2) is 39.2 Å². The number of hydrogen-bond acceptors (Lipinski definition) is 7. The summed E-state index contributed by atoms with van der Waals surface area (Å²) in [6.45, 7) is 2.05. The van der Waals surface area contributed by atoms with Crippen molar-refractivity contribution in [2.45, 2.75) is 12.8 Å². The van der Waals surface area contributed by atoms with E-state index in [-0.39, 0.29) is 5.92 Å². The topological polar surface area (TPSA) is 93.7 Å². The molecule has 7 nitrogen and oxygen atoms in total. The molecule has 146 valence electrons. The number of nitrogens with two attached hydrogens (primary N) is 1. The third-order valence-electron chi connectivity index (χ3n) is 4.74. The highest BCUT2D eigenvalue weighted by Crippen LogP contribution is 2.30. The van der Waals surface area contributed by atoms with E-state index in [0.29, 0.717) is 28.7 Å². The van der Waals surface area contributed by atoms with Gasteiger partial charge in [-0.15, -0.1) is 10.2 Å². The van der Waals surface area contributed by atoms with E-state index in [1.807, 2.05) is 67.5 Å². The maximum atomic E-state index is 6.22. The highest BCUT2D eigenvalue weighted by atomic mass is 79.9. The summed E-state index contributed by atoms with van der Waals surface area (Å²) in [6.07, 6.45) is 0. The lowest BCUT2D eigenvalue weighted by molar-refractivity contribution is 0.822. The van der Waals surface area contributed by atoms with E-state index in [1.165, 1.54) is 0 Å². The zero-order valence-corrected chi connectivity index (χ0v) is 17.9. The first-order valence-corrected chi connectivity index (χ1v) is 9.93. The number of anilines is 2. The molecule has 1 aromatic carbocycles. The van der Waals surface area contributed by atoms with Gasteiger partial charge >= 0.3 is 0 Å². The van der Waals surface area contributed by atoms with Crippen molar-refractivity contribution < 1.29 is 0 Å². The van der Waals surface area contributed by atoms with Gasteiger partial charge in [0.05, 0.1) is 11.1 Å². The minimum Gasteiger partial charge on any atom is -0.383 e. The number of nitrogens with zero attached hydrogens (tertiary/aromatic N) is 6. The van der Waals surface area contributed by atoms with Gasteiger partial charge in [0.25, 0.3) is 0 Å². The Morgan fingerprint density at radius 3 is 2.34 bits per heavy atom. The van der Waals surface area contributed by atoms with Crippen LogP contribution >= 0.6 is 15.9 Å². The van der Waals surface area contributed by atoms with Gasteiger partial charge in [-0.25, -0.2) is 15.0 Å². The van der Waals surface area contributed by atoms with Gasteiger partial charge in [-0.05, 0) is 35.9 Å². The van der Waals surface area contributed by atoms with Crippen LogP contribution in [0.15, 0.2) is 53.0 Å². The lowest BCUT2D eigenvalue weighted by atomic mass is 10.0. The molecule has 3 aromatic heterocycles. The minimum atomic E-state index is -0.0399. The van der Waals surface area contributed by atoms with Crippen LogP contribution in [0.25, 0.3) is 22.4 Å². The first-order chi connectivity index (χ1) is 13.9. The Morgan fingerprint density at radius 1 is 0.897 bits per heavy atom. The van der Waals surface area contributed by atoms with Gasteiger partial charge in [0, 0.05) is 24.5 Å². The average molecular weight is 450 g/mol. The molecule has 3 heterocycles. The Morgan fingerprint density at radius 2 is 1.66 bits per heavy atom. The molecule has 0 aliphatic rings. The van der Waals surface area contributed by atoms with Crippen molar-refractivity contribution in [3.63, 3.8) is 0 Å². The molecule has 0 bridgehead atoms. The quantitative estimate of drug-likeness (QED) is 0.502. The smallest absolute Gasteiger partial charge is 0.165 e. The third-order valence-corrected chi connectivity index (χ3v) is 5.46. The summed E-state index contributed by atoms with van der Waals surface area (Å²) in [7, 11) is 3.84. The van der Waals surface area contributed by atoms with Crippen LogP contribution in [0.1, 0.15) is 24.2 Å². The van der Waals surface area contributed by atoms with Gasteiger partial charge in [0.1, 0.15) is 17.3 Å². The largest absolute Gasteiger partial charge is 0.383 e. The van der Waals surface area contributed by atoms with E-state index in [1.54, 1.807) is 0 Å². The van der Waals surface area contributed by atoms with Crippen molar-refractivity contribution in [2.24, 2.45) is 0 Å². The molecule has 8 heteroatoms. The molecule has 2 N–H and O–H groups in total. The summed E-state index contributed by atoms with van der Waals surface area (Å²) in [5, 5.41) is 9.22. The standard InChI is InChI=1S/C21H20BrN7/c1-12(13-6-4-5-7-15(13)22)20-25-19(23)14-8-9-16(24-21(14)26-20)17-10-11-18(28-27-17)29(2)3/h4-12H,1-3H3,(H2,23,24,25,26)/t12-/m0/s1. The van der Waals surface area contributed by atoms with Crippen molar-refractivity contribution in [3.8, 4) is 11.4 Å². The molecule has 0 saturated carbocycles. The fourth-order valence-corrected chi connectivity index (χ4v) is 3.68. The predicted molar refractivity (Wildman–Crippen MR) is 119 cm³/mol. The molecule has 0 amide bonds. The van der Waals surface area contributed by atoms with Gasteiger partial charge in [-0.2, -0.15) is 0 Å². The van der Waals surface area contributed by atoms with Crippen molar-refractivity contribution >= 4 is 38.6 Å². The van der Waals surface area contributed by atoms with Gasteiger partial charge < -0.3 is 10.6 Å². The van der Waals surface area contributed by atoms with Crippen molar-refractivity contribution in [2.75, 3.05) is 24.7 Å². The van der Waals surface area contributed by atoms with E-state index < -0.39 is 0 Å². The zero-order valence-electron chi connectivity index (χ0n) is 16.3. The molecule has 0 fully saturated rings. The van der Waals surface area contributed by atoms with Gasteiger partial charge in [-0.1, -0.05) is 41.1 Å². The lowest BCUT2D eigenvalue weighted by Gasteiger charge is -2.14. The maximum Gasteiger partial charge on any atom is 0.165 e. The van der Waals surface area contributed by atoms with Crippen LogP contribution in [0, 0.1) is 0 Å². The van der Waals surface area contributed by atoms with E-state index in [4.69, 9.17) is 10.7 Å². The van der Waals surface area contributed by atoms with Crippen molar-refractivity contribution in [1.29, 1.82) is 0 Å². The first-order valence-electron chi connectivity index (χ1n) is 9.14. The molecule has 0 aliphatic heterocycles. The number of fused-ring (bicyclic) bond motifs is 1. The number of rotatable bonds is 4. The molecule has 29 heavy (non-hydrogen) atoms. The summed E-state index contributed by atoms with van der Waals surface area (Å²) in [4.78, 5) is 15.8. The number of halogens is 1. The van der Waals surface area contributed by atoms with E-state index in [2.05, 4.69) is 43.0 Å². The molecule has 1 atom stereocenters. The van der Waals surface area contributed by atoms with Gasteiger partial charge in [0.15, 0.2) is 11.5 Å². The fourth-order valence-electron chi connectivity index (χ4n) is 3.05. The summed E-state index contributed by atoms with van der Waals surface area (Å²) in [5.41, 5.74) is 9.21. The SMILES string of the molecule is C[C@H](c1nc(N)c2ccc(-c3ccc(N(C)C)nn3)nc2n1)c1ccccc1Br. The molecule has 4 rings (SSSR count). The summed E-state index contributed by atoms with van der Waals surface area (Å²) < 4.78 is 1.01. The second-order valence-corrected chi connectivity index (χ2v) is 7.80. The van der Waals surface area contributed by atoms with Crippen LogP contribution in [0.5, 0.6) is 0 Å². The minimum absolute atomic E-state index is 0.0399. The summed E-state index contributed by atoms with van der Waals surface area (Å²) in [6, 6.07) is 15.6. The molecule has 0 saturated heterocycles. The molecule has 0 radical (unpaired) electrons.